The Hall–Kier alpha value is -2.92. The highest BCUT2D eigenvalue weighted by molar-refractivity contribution is 5.79. The van der Waals surface area contributed by atoms with Gasteiger partial charge in [0.2, 0.25) is 5.91 Å². The maximum atomic E-state index is 13.7. The molecule has 1 amide bonds. The molecule has 0 spiro atoms. The number of aryl methyl sites for hydroxylation is 1. The van der Waals surface area contributed by atoms with Crippen molar-refractivity contribution in [1.82, 2.24) is 9.80 Å². The summed E-state index contributed by atoms with van der Waals surface area (Å²) in [5, 5.41) is 0. The van der Waals surface area contributed by atoms with E-state index in [9.17, 15) is 9.18 Å². The van der Waals surface area contributed by atoms with Crippen molar-refractivity contribution in [3.8, 4) is 0 Å². The number of piperidine rings is 1. The van der Waals surface area contributed by atoms with E-state index in [2.05, 4.69) is 36.1 Å². The Labute approximate surface area is 183 Å². The summed E-state index contributed by atoms with van der Waals surface area (Å²) in [4.78, 5) is 17.4. The summed E-state index contributed by atoms with van der Waals surface area (Å²) in [6.07, 6.45) is 2.44. The van der Waals surface area contributed by atoms with E-state index in [0.29, 0.717) is 19.6 Å². The molecule has 1 saturated heterocycles. The number of nitrogens with zero attached hydrogens (tertiary/aromatic N) is 2. The van der Waals surface area contributed by atoms with Crippen molar-refractivity contribution in [3.63, 3.8) is 0 Å². The number of rotatable bonds is 6. The summed E-state index contributed by atoms with van der Waals surface area (Å²) in [5.41, 5.74) is 3.41. The minimum Gasteiger partial charge on any atom is -0.467 e. The molecule has 0 bridgehead atoms. The smallest absolute Gasteiger partial charge is 0.227 e. The Morgan fingerprint density at radius 3 is 2.71 bits per heavy atom. The second kappa shape index (κ2) is 9.48. The van der Waals surface area contributed by atoms with Crippen molar-refractivity contribution in [2.75, 3.05) is 20.1 Å². The lowest BCUT2D eigenvalue weighted by Gasteiger charge is -2.38. The lowest BCUT2D eigenvalue weighted by Crippen LogP contribution is -2.45. The number of amides is 1. The Morgan fingerprint density at radius 1 is 1.13 bits per heavy atom. The van der Waals surface area contributed by atoms with E-state index in [1.807, 2.05) is 25.2 Å². The highest BCUT2D eigenvalue weighted by Crippen LogP contribution is 2.32. The molecule has 0 aliphatic carbocycles. The Bertz CT molecular complexity index is 1020. The lowest BCUT2D eigenvalue weighted by molar-refractivity contribution is -0.137. The van der Waals surface area contributed by atoms with Crippen LogP contribution in [0.1, 0.15) is 34.8 Å². The van der Waals surface area contributed by atoms with E-state index < -0.39 is 0 Å². The van der Waals surface area contributed by atoms with Crippen molar-refractivity contribution < 1.29 is 13.6 Å². The van der Waals surface area contributed by atoms with Gasteiger partial charge < -0.3 is 9.32 Å². The first-order valence-corrected chi connectivity index (χ1v) is 10.8. The van der Waals surface area contributed by atoms with Gasteiger partial charge >= 0.3 is 0 Å². The minimum absolute atomic E-state index is 0.118. The molecule has 1 aliphatic heterocycles. The topological polar surface area (TPSA) is 36.7 Å². The maximum absolute atomic E-state index is 13.7. The SMILES string of the molecule is Cc1cccc(C2CC(C(=O)N(C)Cc3ccco3)CN(Cc3cccc(F)c3)C2)c1. The fraction of sp³-hybridized carbons (Fsp3) is 0.346. The molecule has 2 aromatic carbocycles. The third-order valence-corrected chi connectivity index (χ3v) is 6.03. The lowest BCUT2D eigenvalue weighted by atomic mass is 9.83. The van der Waals surface area contributed by atoms with Gasteiger partial charge in [0, 0.05) is 26.7 Å². The average molecular weight is 421 g/mol. The number of hydrogen-bond acceptors (Lipinski definition) is 3. The standard InChI is InChI=1S/C26H29FN2O2/c1-19-6-3-8-21(12-19)22-14-23(26(30)28(2)18-25-10-5-11-31-25)17-29(16-22)15-20-7-4-9-24(27)13-20/h3-13,22-23H,14-18H2,1-2H3. The molecule has 162 valence electrons. The summed E-state index contributed by atoms with van der Waals surface area (Å²) in [5.74, 6) is 0.813. The van der Waals surface area contributed by atoms with Crippen LogP contribution >= 0.6 is 0 Å². The van der Waals surface area contributed by atoms with Gasteiger partial charge in [-0.25, -0.2) is 4.39 Å². The molecular weight excluding hydrogens is 391 g/mol. The number of furan rings is 1. The molecule has 2 atom stereocenters. The summed E-state index contributed by atoms with van der Waals surface area (Å²) >= 11 is 0. The van der Waals surface area contributed by atoms with Crippen LogP contribution in [-0.4, -0.2) is 35.8 Å². The zero-order chi connectivity index (χ0) is 21.8. The summed E-state index contributed by atoms with van der Waals surface area (Å²) in [6, 6.07) is 19.0. The van der Waals surface area contributed by atoms with Crippen LogP contribution in [0.4, 0.5) is 4.39 Å². The normalized spacial score (nSPS) is 19.3. The molecule has 5 heteroatoms. The highest BCUT2D eigenvalue weighted by atomic mass is 19.1. The van der Waals surface area contributed by atoms with E-state index in [4.69, 9.17) is 4.42 Å². The van der Waals surface area contributed by atoms with Gasteiger partial charge in [-0.15, -0.1) is 0 Å². The molecule has 1 aliphatic rings. The number of halogens is 1. The molecule has 0 radical (unpaired) electrons. The van der Waals surface area contributed by atoms with Crippen molar-refractivity contribution in [2.45, 2.75) is 32.4 Å². The molecule has 2 unspecified atom stereocenters. The third kappa shape index (κ3) is 5.42. The van der Waals surface area contributed by atoms with E-state index in [-0.39, 0.29) is 23.6 Å². The van der Waals surface area contributed by atoms with E-state index >= 15 is 0 Å². The molecule has 1 fully saturated rings. The highest BCUT2D eigenvalue weighted by Gasteiger charge is 2.34. The van der Waals surface area contributed by atoms with Gasteiger partial charge in [0.15, 0.2) is 0 Å². The predicted octanol–water partition coefficient (Wildman–Crippen LogP) is 4.99. The third-order valence-electron chi connectivity index (χ3n) is 6.03. The summed E-state index contributed by atoms with van der Waals surface area (Å²) < 4.78 is 19.1. The van der Waals surface area contributed by atoms with Crippen LogP contribution < -0.4 is 0 Å². The number of likely N-dealkylation sites (tertiary alicyclic amines) is 1. The Kier molecular flexibility index (Phi) is 6.52. The van der Waals surface area contributed by atoms with Crippen molar-refractivity contribution >= 4 is 5.91 Å². The molecule has 4 nitrogen and oxygen atoms in total. The van der Waals surface area contributed by atoms with Crippen LogP contribution in [0.2, 0.25) is 0 Å². The van der Waals surface area contributed by atoms with Gasteiger partial charge in [-0.1, -0.05) is 42.0 Å². The number of carbonyl (C=O) groups is 1. The van der Waals surface area contributed by atoms with E-state index in [0.717, 1.165) is 24.3 Å². The van der Waals surface area contributed by atoms with Gasteiger partial charge in [0.1, 0.15) is 11.6 Å². The van der Waals surface area contributed by atoms with E-state index in [1.165, 1.54) is 17.2 Å². The van der Waals surface area contributed by atoms with Crippen molar-refractivity contribution in [2.24, 2.45) is 5.92 Å². The molecule has 0 saturated carbocycles. The summed E-state index contributed by atoms with van der Waals surface area (Å²) in [6.45, 7) is 4.70. The van der Waals surface area contributed by atoms with Crippen molar-refractivity contribution in [3.05, 3.63) is 95.2 Å². The van der Waals surface area contributed by atoms with E-state index in [1.54, 1.807) is 23.3 Å². The molecule has 1 aromatic heterocycles. The molecule has 31 heavy (non-hydrogen) atoms. The molecule has 3 aromatic rings. The number of hydrogen-bond donors (Lipinski definition) is 0. The molecule has 4 rings (SSSR count). The largest absolute Gasteiger partial charge is 0.467 e. The van der Waals surface area contributed by atoms with Crippen LogP contribution in [0.3, 0.4) is 0 Å². The second-order valence-corrected chi connectivity index (χ2v) is 8.64. The monoisotopic (exact) mass is 420 g/mol. The Balaban J connectivity index is 1.54. The van der Waals surface area contributed by atoms with Gasteiger partial charge in [0.05, 0.1) is 18.7 Å². The molecule has 0 N–H and O–H groups in total. The Morgan fingerprint density at radius 2 is 1.97 bits per heavy atom. The van der Waals surface area contributed by atoms with Crippen LogP contribution in [0.25, 0.3) is 0 Å². The van der Waals surface area contributed by atoms with Crippen LogP contribution in [0.5, 0.6) is 0 Å². The predicted molar refractivity (Wildman–Crippen MR) is 119 cm³/mol. The second-order valence-electron chi connectivity index (χ2n) is 8.64. The zero-order valence-electron chi connectivity index (χ0n) is 18.1. The number of benzene rings is 2. The van der Waals surface area contributed by atoms with Gasteiger partial charge in [-0.05, 0) is 54.7 Å². The first kappa shape index (κ1) is 21.3. The zero-order valence-corrected chi connectivity index (χ0v) is 18.1. The minimum atomic E-state index is -0.226. The first-order valence-electron chi connectivity index (χ1n) is 10.8. The maximum Gasteiger partial charge on any atom is 0.227 e. The summed E-state index contributed by atoms with van der Waals surface area (Å²) in [7, 11) is 1.83. The van der Waals surface area contributed by atoms with Crippen LogP contribution in [0, 0.1) is 18.7 Å². The number of carbonyl (C=O) groups excluding carboxylic acids is 1. The van der Waals surface area contributed by atoms with Crippen molar-refractivity contribution in [1.29, 1.82) is 0 Å². The fourth-order valence-electron chi connectivity index (χ4n) is 4.58. The average Bonchev–Trinajstić information content (AvgIpc) is 3.26. The molecule has 2 heterocycles. The van der Waals surface area contributed by atoms with Gasteiger partial charge in [-0.3, -0.25) is 9.69 Å². The van der Waals surface area contributed by atoms with Gasteiger partial charge in [-0.2, -0.15) is 0 Å². The quantitative estimate of drug-likeness (QED) is 0.564. The fourth-order valence-corrected chi connectivity index (χ4v) is 4.58. The van der Waals surface area contributed by atoms with Crippen LogP contribution in [0.15, 0.2) is 71.3 Å². The van der Waals surface area contributed by atoms with Crippen LogP contribution in [-0.2, 0) is 17.9 Å². The molecular formula is C26H29FN2O2. The first-order chi connectivity index (χ1) is 15.0. The van der Waals surface area contributed by atoms with Gasteiger partial charge in [0.25, 0.3) is 0 Å².